The molecule has 0 aromatic carbocycles. The second kappa shape index (κ2) is 5.96. The first-order chi connectivity index (χ1) is 9.84. The van der Waals surface area contributed by atoms with Crippen molar-refractivity contribution in [3.05, 3.63) is 36.8 Å². The van der Waals surface area contributed by atoms with Gasteiger partial charge in [0.15, 0.2) is 5.82 Å². The lowest BCUT2D eigenvalue weighted by atomic mass is 10.1. The normalized spacial score (nSPS) is 16.1. The van der Waals surface area contributed by atoms with E-state index in [0.29, 0.717) is 6.04 Å². The molecule has 104 valence electrons. The summed E-state index contributed by atoms with van der Waals surface area (Å²) in [6.45, 7) is 1.66. The molecule has 1 fully saturated rings. The lowest BCUT2D eigenvalue weighted by Crippen LogP contribution is -2.37. The first-order valence-corrected chi connectivity index (χ1v) is 6.88. The Morgan fingerprint density at radius 2 is 1.85 bits per heavy atom. The van der Waals surface area contributed by atoms with Crippen LogP contribution in [-0.4, -0.2) is 41.3 Å². The van der Waals surface area contributed by atoms with Gasteiger partial charge in [0.25, 0.3) is 0 Å². The summed E-state index contributed by atoms with van der Waals surface area (Å²) in [4.78, 5) is 15.3. The zero-order valence-electron chi connectivity index (χ0n) is 11.6. The van der Waals surface area contributed by atoms with Crippen LogP contribution in [0.1, 0.15) is 12.8 Å². The number of anilines is 1. The average molecular weight is 270 g/mol. The molecule has 3 rings (SSSR count). The van der Waals surface area contributed by atoms with Crippen molar-refractivity contribution in [3.8, 4) is 11.4 Å². The van der Waals surface area contributed by atoms with E-state index in [-0.39, 0.29) is 0 Å². The van der Waals surface area contributed by atoms with Crippen molar-refractivity contribution in [1.82, 2.24) is 15.0 Å². The molecule has 0 saturated carbocycles. The van der Waals surface area contributed by atoms with E-state index in [1.165, 1.54) is 0 Å². The maximum Gasteiger partial charge on any atom is 0.161 e. The fourth-order valence-corrected chi connectivity index (χ4v) is 2.45. The number of rotatable bonds is 3. The molecular formula is C15H18N4O. The Bertz CT molecular complexity index is 555. The molecule has 2 aromatic heterocycles. The number of hydrogen-bond donors (Lipinski definition) is 0. The van der Waals surface area contributed by atoms with Crippen molar-refractivity contribution in [2.75, 3.05) is 25.2 Å². The van der Waals surface area contributed by atoms with Crippen molar-refractivity contribution < 1.29 is 4.74 Å². The van der Waals surface area contributed by atoms with Gasteiger partial charge in [0, 0.05) is 50.5 Å². The van der Waals surface area contributed by atoms with Crippen LogP contribution >= 0.6 is 0 Å². The topological polar surface area (TPSA) is 51.1 Å². The van der Waals surface area contributed by atoms with Gasteiger partial charge in [-0.1, -0.05) is 0 Å². The molecule has 5 nitrogen and oxygen atoms in total. The Labute approximate surface area is 118 Å². The Morgan fingerprint density at radius 1 is 1.10 bits per heavy atom. The Hall–Kier alpha value is -2.01. The fraction of sp³-hybridized carbons (Fsp3) is 0.400. The largest absolute Gasteiger partial charge is 0.381 e. The van der Waals surface area contributed by atoms with Gasteiger partial charge in [-0.2, -0.15) is 0 Å². The van der Waals surface area contributed by atoms with Gasteiger partial charge < -0.3 is 9.64 Å². The molecule has 1 saturated heterocycles. The molecule has 0 atom stereocenters. The maximum atomic E-state index is 5.41. The van der Waals surface area contributed by atoms with E-state index >= 15 is 0 Å². The summed E-state index contributed by atoms with van der Waals surface area (Å²) in [5, 5.41) is 0. The highest BCUT2D eigenvalue weighted by atomic mass is 16.5. The van der Waals surface area contributed by atoms with E-state index in [2.05, 4.69) is 26.9 Å². The van der Waals surface area contributed by atoms with Crippen molar-refractivity contribution >= 4 is 5.82 Å². The van der Waals surface area contributed by atoms with Gasteiger partial charge in [-0.3, -0.25) is 4.98 Å². The van der Waals surface area contributed by atoms with Gasteiger partial charge in [0.05, 0.1) is 0 Å². The minimum Gasteiger partial charge on any atom is -0.381 e. The van der Waals surface area contributed by atoms with Crippen LogP contribution in [-0.2, 0) is 4.74 Å². The summed E-state index contributed by atoms with van der Waals surface area (Å²) in [5.41, 5.74) is 0.988. The van der Waals surface area contributed by atoms with Crippen LogP contribution in [0.15, 0.2) is 36.8 Å². The van der Waals surface area contributed by atoms with Gasteiger partial charge in [0.2, 0.25) is 0 Å². The lowest BCUT2D eigenvalue weighted by Gasteiger charge is -2.32. The number of ether oxygens (including phenoxy) is 1. The first-order valence-electron chi connectivity index (χ1n) is 6.88. The van der Waals surface area contributed by atoms with Crippen molar-refractivity contribution in [2.24, 2.45) is 0 Å². The van der Waals surface area contributed by atoms with Gasteiger partial charge in [-0.15, -0.1) is 0 Å². The molecule has 2 aromatic rings. The molecule has 0 amide bonds. The van der Waals surface area contributed by atoms with E-state index in [4.69, 9.17) is 4.74 Å². The Balaban J connectivity index is 1.83. The smallest absolute Gasteiger partial charge is 0.161 e. The van der Waals surface area contributed by atoms with Crippen LogP contribution in [0.5, 0.6) is 0 Å². The second-order valence-corrected chi connectivity index (χ2v) is 4.93. The molecule has 1 aliphatic heterocycles. The van der Waals surface area contributed by atoms with Crippen molar-refractivity contribution in [2.45, 2.75) is 18.9 Å². The molecule has 5 heteroatoms. The van der Waals surface area contributed by atoms with Crippen molar-refractivity contribution in [3.63, 3.8) is 0 Å². The standard InChI is InChI=1S/C15H18N4O/c1-19(13-5-10-20-11-6-13)14-4-9-17-15(18-14)12-2-7-16-8-3-12/h2-4,7-9,13H,5-6,10-11H2,1H3. The minimum absolute atomic E-state index is 0.490. The van der Waals surface area contributed by atoms with Crippen LogP contribution in [0.25, 0.3) is 11.4 Å². The average Bonchev–Trinajstić information content (AvgIpc) is 2.56. The number of hydrogen-bond acceptors (Lipinski definition) is 5. The fourth-order valence-electron chi connectivity index (χ4n) is 2.45. The quantitative estimate of drug-likeness (QED) is 0.855. The molecule has 0 spiro atoms. The Kier molecular flexibility index (Phi) is 3.87. The molecule has 1 aliphatic rings. The summed E-state index contributed by atoms with van der Waals surface area (Å²) in [5.74, 6) is 1.70. The molecule has 0 N–H and O–H groups in total. The zero-order valence-corrected chi connectivity index (χ0v) is 11.6. The van der Waals surface area contributed by atoms with E-state index in [1.807, 2.05) is 24.4 Å². The summed E-state index contributed by atoms with van der Waals surface area (Å²) < 4.78 is 5.41. The summed E-state index contributed by atoms with van der Waals surface area (Å²) in [7, 11) is 2.09. The first kappa shape index (κ1) is 13.0. The molecule has 0 unspecified atom stereocenters. The molecule has 20 heavy (non-hydrogen) atoms. The van der Waals surface area contributed by atoms with Gasteiger partial charge in [-0.05, 0) is 31.0 Å². The van der Waals surface area contributed by atoms with Crippen LogP contribution in [0, 0.1) is 0 Å². The van der Waals surface area contributed by atoms with Crippen LogP contribution < -0.4 is 4.90 Å². The van der Waals surface area contributed by atoms with Gasteiger partial charge in [-0.25, -0.2) is 9.97 Å². The predicted octanol–water partition coefficient (Wildman–Crippen LogP) is 2.15. The second-order valence-electron chi connectivity index (χ2n) is 4.93. The number of aromatic nitrogens is 3. The molecular weight excluding hydrogens is 252 g/mol. The summed E-state index contributed by atoms with van der Waals surface area (Å²) in [6.07, 6.45) is 7.42. The summed E-state index contributed by atoms with van der Waals surface area (Å²) in [6, 6.07) is 6.30. The minimum atomic E-state index is 0.490. The van der Waals surface area contributed by atoms with E-state index < -0.39 is 0 Å². The van der Waals surface area contributed by atoms with E-state index in [0.717, 1.165) is 43.3 Å². The number of pyridine rings is 1. The highest BCUT2D eigenvalue weighted by Gasteiger charge is 2.19. The van der Waals surface area contributed by atoms with Crippen molar-refractivity contribution in [1.29, 1.82) is 0 Å². The third-order valence-corrected chi connectivity index (χ3v) is 3.68. The van der Waals surface area contributed by atoms with Gasteiger partial charge in [0.1, 0.15) is 5.82 Å². The molecule has 0 radical (unpaired) electrons. The highest BCUT2D eigenvalue weighted by Crippen LogP contribution is 2.21. The third-order valence-electron chi connectivity index (χ3n) is 3.68. The predicted molar refractivity (Wildman–Crippen MR) is 77.5 cm³/mol. The number of nitrogens with zero attached hydrogens (tertiary/aromatic N) is 4. The molecule has 0 bridgehead atoms. The summed E-state index contributed by atoms with van der Waals surface area (Å²) >= 11 is 0. The highest BCUT2D eigenvalue weighted by molar-refractivity contribution is 5.56. The lowest BCUT2D eigenvalue weighted by molar-refractivity contribution is 0.0853. The van der Waals surface area contributed by atoms with Crippen LogP contribution in [0.3, 0.4) is 0 Å². The monoisotopic (exact) mass is 270 g/mol. The van der Waals surface area contributed by atoms with Crippen LogP contribution in [0.4, 0.5) is 5.82 Å². The van der Waals surface area contributed by atoms with Gasteiger partial charge >= 0.3 is 0 Å². The molecule has 3 heterocycles. The van der Waals surface area contributed by atoms with Crippen LogP contribution in [0.2, 0.25) is 0 Å². The maximum absolute atomic E-state index is 5.41. The third kappa shape index (κ3) is 2.77. The zero-order chi connectivity index (χ0) is 13.8. The Morgan fingerprint density at radius 3 is 2.60 bits per heavy atom. The SMILES string of the molecule is CN(c1ccnc(-c2ccncc2)n1)C1CCOCC1. The molecule has 0 aliphatic carbocycles. The van der Waals surface area contributed by atoms with E-state index in [1.54, 1.807) is 12.4 Å². The van der Waals surface area contributed by atoms with E-state index in [9.17, 15) is 0 Å².